The number of hydrogen-bond acceptors (Lipinski definition) is 7. The van der Waals surface area contributed by atoms with Crippen LogP contribution in [0.15, 0.2) is 42.6 Å². The van der Waals surface area contributed by atoms with E-state index in [9.17, 15) is 13.6 Å². The van der Waals surface area contributed by atoms with E-state index in [2.05, 4.69) is 22.2 Å². The zero-order chi connectivity index (χ0) is 27.1. The summed E-state index contributed by atoms with van der Waals surface area (Å²) in [5.41, 5.74) is 6.70. The van der Waals surface area contributed by atoms with Crippen LogP contribution in [0.2, 0.25) is 0 Å². The molecule has 1 saturated heterocycles. The van der Waals surface area contributed by atoms with Crippen LogP contribution in [0.5, 0.6) is 5.75 Å². The van der Waals surface area contributed by atoms with Gasteiger partial charge < -0.3 is 25.4 Å². The average Bonchev–Trinajstić information content (AvgIpc) is 3.42. The van der Waals surface area contributed by atoms with Crippen molar-refractivity contribution in [2.75, 3.05) is 49.4 Å². The molecular formula is C28H33F2N5O3. The summed E-state index contributed by atoms with van der Waals surface area (Å²) < 4.78 is 39.5. The van der Waals surface area contributed by atoms with Crippen molar-refractivity contribution in [3.8, 4) is 17.1 Å². The molecule has 1 aromatic heterocycles. The number of ether oxygens (including phenoxy) is 2. The highest BCUT2D eigenvalue weighted by Crippen LogP contribution is 2.31. The van der Waals surface area contributed by atoms with Gasteiger partial charge in [-0.1, -0.05) is 38.7 Å². The predicted octanol–water partition coefficient (Wildman–Crippen LogP) is 5.30. The molecule has 38 heavy (non-hydrogen) atoms. The highest BCUT2D eigenvalue weighted by Gasteiger charge is 2.20. The van der Waals surface area contributed by atoms with E-state index >= 15 is 0 Å². The molecule has 1 saturated carbocycles. The van der Waals surface area contributed by atoms with Crippen LogP contribution in [0.4, 0.5) is 25.8 Å². The molecular weight excluding hydrogens is 492 g/mol. The van der Waals surface area contributed by atoms with Crippen LogP contribution < -0.4 is 20.7 Å². The van der Waals surface area contributed by atoms with Gasteiger partial charge in [-0.25, -0.2) is 18.7 Å². The first-order chi connectivity index (χ1) is 18.4. The number of rotatable bonds is 5. The lowest BCUT2D eigenvalue weighted by atomic mass is 10.1. The maximum Gasteiger partial charge on any atom is 0.274 e. The smallest absolute Gasteiger partial charge is 0.274 e. The Bertz CT molecular complexity index is 1260. The predicted molar refractivity (Wildman–Crippen MR) is 143 cm³/mol. The Labute approximate surface area is 221 Å². The number of hydrogen-bond donors (Lipinski definition) is 2. The zero-order valence-electron chi connectivity index (χ0n) is 21.7. The fourth-order valence-corrected chi connectivity index (χ4v) is 4.55. The van der Waals surface area contributed by atoms with Crippen LogP contribution in [0.1, 0.15) is 43.1 Å². The van der Waals surface area contributed by atoms with E-state index in [1.165, 1.54) is 69.3 Å². The first kappa shape index (κ1) is 27.3. The van der Waals surface area contributed by atoms with Gasteiger partial charge in [0.15, 0.2) is 5.82 Å². The summed E-state index contributed by atoms with van der Waals surface area (Å²) in [5.74, 6) is -0.496. The molecule has 0 bridgehead atoms. The van der Waals surface area contributed by atoms with Gasteiger partial charge in [0.05, 0.1) is 42.9 Å². The average molecular weight is 526 g/mol. The number of nitrogens with two attached hydrogens (primary N) is 1. The number of morpholine rings is 1. The SMILES string of the molecule is CC1CCCC1.COc1cccc(F)c1-c1nccc(C(=O)Nc2cc(F)c(N3CCOCC3)cc2N)n1. The number of anilines is 3. The Hall–Kier alpha value is -3.79. The van der Waals surface area contributed by atoms with Gasteiger partial charge in [-0.15, -0.1) is 0 Å². The molecule has 202 valence electrons. The summed E-state index contributed by atoms with van der Waals surface area (Å²) in [6.45, 7) is 4.44. The molecule has 3 aromatic rings. The second kappa shape index (κ2) is 12.6. The van der Waals surface area contributed by atoms with Gasteiger partial charge in [0.1, 0.15) is 23.1 Å². The molecule has 0 spiro atoms. The van der Waals surface area contributed by atoms with Gasteiger partial charge in [-0.2, -0.15) is 0 Å². The Kier molecular flexibility index (Phi) is 9.06. The molecule has 1 aliphatic carbocycles. The first-order valence-corrected chi connectivity index (χ1v) is 12.8. The van der Waals surface area contributed by atoms with Gasteiger partial charge in [0.2, 0.25) is 0 Å². The third kappa shape index (κ3) is 6.55. The largest absolute Gasteiger partial charge is 0.496 e. The third-order valence-corrected chi connectivity index (χ3v) is 6.67. The van der Waals surface area contributed by atoms with Crippen molar-refractivity contribution in [2.24, 2.45) is 5.92 Å². The summed E-state index contributed by atoms with van der Waals surface area (Å²) in [6, 6.07) is 8.31. The molecule has 2 aromatic carbocycles. The Balaban J connectivity index is 0.000000494. The lowest BCUT2D eigenvalue weighted by molar-refractivity contribution is 0.102. The summed E-state index contributed by atoms with van der Waals surface area (Å²) in [7, 11) is 1.40. The fraction of sp³-hybridized carbons (Fsp3) is 0.393. The van der Waals surface area contributed by atoms with E-state index in [4.69, 9.17) is 15.2 Å². The van der Waals surface area contributed by atoms with Gasteiger partial charge in [-0.05, 0) is 30.2 Å². The number of nitrogens with zero attached hydrogens (tertiary/aromatic N) is 3. The topological polar surface area (TPSA) is 103 Å². The van der Waals surface area contributed by atoms with Crippen LogP contribution in [-0.4, -0.2) is 49.3 Å². The second-order valence-corrected chi connectivity index (χ2v) is 9.42. The van der Waals surface area contributed by atoms with E-state index in [1.54, 1.807) is 6.07 Å². The maximum absolute atomic E-state index is 14.7. The maximum atomic E-state index is 14.7. The molecule has 10 heteroatoms. The van der Waals surface area contributed by atoms with Crippen LogP contribution in [-0.2, 0) is 4.74 Å². The Morgan fingerprint density at radius 3 is 2.53 bits per heavy atom. The number of halogens is 2. The molecule has 0 atom stereocenters. The molecule has 0 unspecified atom stereocenters. The highest BCUT2D eigenvalue weighted by atomic mass is 19.1. The van der Waals surface area contributed by atoms with Crippen molar-refractivity contribution in [3.05, 3.63) is 59.9 Å². The minimum absolute atomic E-state index is 0.0191. The molecule has 0 radical (unpaired) electrons. The van der Waals surface area contributed by atoms with E-state index in [0.717, 1.165) is 5.92 Å². The minimum atomic E-state index is -0.644. The third-order valence-electron chi connectivity index (χ3n) is 6.67. The number of benzene rings is 2. The summed E-state index contributed by atoms with van der Waals surface area (Å²) in [4.78, 5) is 22.8. The highest BCUT2D eigenvalue weighted by molar-refractivity contribution is 6.04. The number of aromatic nitrogens is 2. The molecule has 3 N–H and O–H groups in total. The quantitative estimate of drug-likeness (QED) is 0.436. The molecule has 2 heterocycles. The van der Waals surface area contributed by atoms with Crippen LogP contribution in [0.3, 0.4) is 0 Å². The fourth-order valence-electron chi connectivity index (χ4n) is 4.55. The standard InChI is InChI=1S/C22H21F2N5O3.C6H12/c1-31-19-4-2-3-13(23)20(19)21-26-6-5-16(27-21)22(30)28-17-11-14(24)18(12-15(17)25)29-7-9-32-10-8-29;1-6-4-2-3-5-6/h2-6,11-12H,7-10,25H2,1H3,(H,28,30);6H,2-5H2,1H3. The number of carbonyl (C=O) groups is 1. The minimum Gasteiger partial charge on any atom is -0.496 e. The summed E-state index contributed by atoms with van der Waals surface area (Å²) in [5, 5.41) is 2.56. The molecule has 5 rings (SSSR count). The Morgan fingerprint density at radius 2 is 1.87 bits per heavy atom. The van der Waals surface area contributed by atoms with Crippen molar-refractivity contribution in [1.29, 1.82) is 0 Å². The van der Waals surface area contributed by atoms with E-state index in [-0.39, 0.29) is 34.2 Å². The molecule has 2 aliphatic rings. The number of nitrogen functional groups attached to an aromatic ring is 1. The van der Waals surface area contributed by atoms with Gasteiger partial charge >= 0.3 is 0 Å². The zero-order valence-corrected chi connectivity index (χ0v) is 21.7. The monoisotopic (exact) mass is 525 g/mol. The number of methoxy groups -OCH3 is 1. The van der Waals surface area contributed by atoms with Crippen molar-refractivity contribution in [1.82, 2.24) is 9.97 Å². The van der Waals surface area contributed by atoms with Crippen LogP contribution >= 0.6 is 0 Å². The Morgan fingerprint density at radius 1 is 1.13 bits per heavy atom. The van der Waals surface area contributed by atoms with Crippen molar-refractivity contribution >= 4 is 23.0 Å². The van der Waals surface area contributed by atoms with E-state index in [1.807, 2.05) is 4.90 Å². The first-order valence-electron chi connectivity index (χ1n) is 12.8. The number of amides is 1. The molecule has 1 amide bonds. The van der Waals surface area contributed by atoms with Crippen molar-refractivity contribution in [3.63, 3.8) is 0 Å². The number of nitrogens with one attached hydrogen (secondary N) is 1. The second-order valence-electron chi connectivity index (χ2n) is 9.42. The van der Waals surface area contributed by atoms with Crippen LogP contribution in [0.25, 0.3) is 11.4 Å². The molecule has 2 fully saturated rings. The molecule has 8 nitrogen and oxygen atoms in total. The van der Waals surface area contributed by atoms with Gasteiger partial charge in [0, 0.05) is 25.4 Å². The van der Waals surface area contributed by atoms with E-state index in [0.29, 0.717) is 32.0 Å². The summed E-state index contributed by atoms with van der Waals surface area (Å²) in [6.07, 6.45) is 7.27. The van der Waals surface area contributed by atoms with Crippen LogP contribution in [0, 0.1) is 17.6 Å². The van der Waals surface area contributed by atoms with E-state index < -0.39 is 17.5 Å². The van der Waals surface area contributed by atoms with Gasteiger partial charge in [-0.3, -0.25) is 4.79 Å². The van der Waals surface area contributed by atoms with Crippen molar-refractivity contribution in [2.45, 2.75) is 32.6 Å². The normalized spacial score (nSPS) is 15.5. The summed E-state index contributed by atoms with van der Waals surface area (Å²) >= 11 is 0. The lowest BCUT2D eigenvalue weighted by Crippen LogP contribution is -2.36. The van der Waals surface area contributed by atoms with Crippen molar-refractivity contribution < 1.29 is 23.0 Å². The lowest BCUT2D eigenvalue weighted by Gasteiger charge is -2.29. The number of carbonyl (C=O) groups excluding carboxylic acids is 1. The molecule has 1 aliphatic heterocycles. The van der Waals surface area contributed by atoms with Gasteiger partial charge in [0.25, 0.3) is 5.91 Å².